The molecule has 0 bridgehead atoms. The molecule has 0 radical (unpaired) electrons. The number of phenols is 1. The van der Waals surface area contributed by atoms with Crippen LogP contribution in [0.4, 0.5) is 16.3 Å². The van der Waals surface area contributed by atoms with Crippen molar-refractivity contribution >= 4 is 35.0 Å². The third-order valence-corrected chi connectivity index (χ3v) is 7.43. The molecular weight excluding hydrogens is 484 g/mol. The van der Waals surface area contributed by atoms with Crippen molar-refractivity contribution in [3.05, 3.63) is 64.8 Å². The molecule has 9 nitrogen and oxygen atoms in total. The van der Waals surface area contributed by atoms with Gasteiger partial charge in [-0.3, -0.25) is 4.79 Å². The van der Waals surface area contributed by atoms with Crippen LogP contribution in [0.3, 0.4) is 0 Å². The number of fused-ring (bicyclic) bond motifs is 2. The highest BCUT2D eigenvalue weighted by molar-refractivity contribution is 6.33. The molecule has 2 aromatic carbocycles. The summed E-state index contributed by atoms with van der Waals surface area (Å²) in [4.78, 5) is 28.6. The largest absolute Gasteiger partial charge is 0.508 e. The fourth-order valence-corrected chi connectivity index (χ4v) is 5.26. The van der Waals surface area contributed by atoms with E-state index in [0.717, 1.165) is 17.5 Å². The van der Waals surface area contributed by atoms with Crippen LogP contribution in [0.15, 0.2) is 48.7 Å². The Kier molecular flexibility index (Phi) is 5.19. The predicted molar refractivity (Wildman–Crippen MR) is 133 cm³/mol. The molecule has 1 aliphatic heterocycles. The number of nitrogens with zero attached hydrogens (tertiary/aromatic N) is 1. The van der Waals surface area contributed by atoms with E-state index in [-0.39, 0.29) is 35.1 Å². The molecule has 3 amide bonds. The first-order chi connectivity index (χ1) is 17.4. The van der Waals surface area contributed by atoms with Gasteiger partial charge in [-0.05, 0) is 55.2 Å². The van der Waals surface area contributed by atoms with Crippen LogP contribution in [0.5, 0.6) is 23.0 Å². The molecule has 2 saturated carbocycles. The molecule has 184 valence electrons. The number of anilines is 2. The molecule has 10 heteroatoms. The molecule has 3 unspecified atom stereocenters. The van der Waals surface area contributed by atoms with E-state index in [1.54, 1.807) is 49.7 Å². The minimum Gasteiger partial charge on any atom is -0.508 e. The van der Waals surface area contributed by atoms with E-state index in [4.69, 9.17) is 21.1 Å². The number of rotatable bonds is 6. The molecular formula is C26H23ClN4O5. The van der Waals surface area contributed by atoms with Gasteiger partial charge in [0, 0.05) is 35.7 Å². The maximum Gasteiger partial charge on any atom is 0.319 e. The van der Waals surface area contributed by atoms with E-state index in [1.165, 1.54) is 0 Å². The van der Waals surface area contributed by atoms with Crippen LogP contribution in [-0.4, -0.2) is 34.7 Å². The van der Waals surface area contributed by atoms with Crippen molar-refractivity contribution in [2.75, 3.05) is 17.7 Å². The fourth-order valence-electron chi connectivity index (χ4n) is 5.04. The molecule has 3 aromatic rings. The summed E-state index contributed by atoms with van der Waals surface area (Å²) in [6, 6.07) is 11.5. The van der Waals surface area contributed by atoms with E-state index < -0.39 is 0 Å². The van der Waals surface area contributed by atoms with Crippen LogP contribution in [-0.2, 0) is 11.2 Å². The number of aromatic hydroxyl groups is 1. The van der Waals surface area contributed by atoms with Gasteiger partial charge < -0.3 is 30.5 Å². The number of carbonyl (C=O) groups is 2. The second-order valence-corrected chi connectivity index (χ2v) is 9.67. The van der Waals surface area contributed by atoms with E-state index in [2.05, 4.69) is 20.9 Å². The zero-order valence-corrected chi connectivity index (χ0v) is 20.1. The summed E-state index contributed by atoms with van der Waals surface area (Å²) in [6.45, 7) is 0. The third-order valence-electron chi connectivity index (χ3n) is 7.11. The van der Waals surface area contributed by atoms with Crippen LogP contribution < -0.4 is 25.4 Å². The first kappa shape index (κ1) is 22.5. The van der Waals surface area contributed by atoms with Gasteiger partial charge in [0.2, 0.25) is 5.91 Å². The highest BCUT2D eigenvalue weighted by atomic mass is 35.5. The Labute approximate surface area is 211 Å². The van der Waals surface area contributed by atoms with Crippen LogP contribution >= 0.6 is 11.6 Å². The van der Waals surface area contributed by atoms with E-state index >= 15 is 0 Å². The molecule has 36 heavy (non-hydrogen) atoms. The average Bonchev–Trinajstić information content (AvgIpc) is 3.72. The lowest BCUT2D eigenvalue weighted by molar-refractivity contribution is -0.116. The number of urea groups is 1. The minimum absolute atomic E-state index is 0.0104. The quantitative estimate of drug-likeness (QED) is 0.381. The van der Waals surface area contributed by atoms with Gasteiger partial charge in [0.1, 0.15) is 28.8 Å². The predicted octanol–water partition coefficient (Wildman–Crippen LogP) is 4.80. The lowest BCUT2D eigenvalue weighted by atomic mass is 9.99. The van der Waals surface area contributed by atoms with Crippen molar-refractivity contribution in [1.29, 1.82) is 0 Å². The molecule has 2 aliphatic carbocycles. The van der Waals surface area contributed by atoms with Gasteiger partial charge in [-0.15, -0.1) is 0 Å². The average molecular weight is 507 g/mol. The molecule has 1 aromatic heterocycles. The molecule has 2 fully saturated rings. The van der Waals surface area contributed by atoms with Gasteiger partial charge in [-0.1, -0.05) is 11.6 Å². The van der Waals surface area contributed by atoms with Gasteiger partial charge in [0.05, 0.1) is 23.4 Å². The summed E-state index contributed by atoms with van der Waals surface area (Å²) in [6.07, 6.45) is 3.34. The van der Waals surface area contributed by atoms with Crippen LogP contribution in [0.2, 0.25) is 5.02 Å². The Bertz CT molecular complexity index is 1410. The minimum atomic E-state index is -0.390. The number of nitrogens with one attached hydrogen (secondary N) is 3. The maximum absolute atomic E-state index is 12.7. The third kappa shape index (κ3) is 3.85. The Hall–Kier alpha value is -3.98. The van der Waals surface area contributed by atoms with Crippen molar-refractivity contribution in [2.45, 2.75) is 30.7 Å². The van der Waals surface area contributed by atoms with Gasteiger partial charge in [-0.2, -0.15) is 0 Å². The molecule has 0 spiro atoms. The first-order valence-electron chi connectivity index (χ1n) is 11.6. The van der Waals surface area contributed by atoms with Gasteiger partial charge >= 0.3 is 6.03 Å². The van der Waals surface area contributed by atoms with E-state index in [1.807, 2.05) is 6.07 Å². The van der Waals surface area contributed by atoms with Gasteiger partial charge in [0.15, 0.2) is 0 Å². The van der Waals surface area contributed by atoms with Gasteiger partial charge in [0.25, 0.3) is 0 Å². The number of ether oxygens (including phenoxy) is 2. The number of halogens is 1. The standard InChI is InChI=1S/C26H23ClN4O5/c1-35-13-2-5-19(18(27)11-13)29-25(34)31-26-12-17(26)23(26)16-10-14(3-6-20(16)32)36-21-8-9-28-24-15(21)4-7-22(33)30-24/h2-3,5-6,8-11,17,23,32H,4,7,12H2,1H3,(H,28,30,33)(H2,29,31,34). The molecule has 2 heterocycles. The molecule has 0 saturated heterocycles. The second-order valence-electron chi connectivity index (χ2n) is 9.26. The summed E-state index contributed by atoms with van der Waals surface area (Å²) in [5.74, 6) is 2.61. The fraction of sp³-hybridized carbons (Fsp3) is 0.269. The molecule has 6 rings (SSSR count). The Morgan fingerprint density at radius 3 is 2.81 bits per heavy atom. The summed E-state index contributed by atoms with van der Waals surface area (Å²) in [7, 11) is 1.55. The van der Waals surface area contributed by atoms with Crippen molar-refractivity contribution in [1.82, 2.24) is 10.3 Å². The number of phenolic OH excluding ortho intramolecular Hbond substituents is 1. The Morgan fingerprint density at radius 1 is 1.19 bits per heavy atom. The smallest absolute Gasteiger partial charge is 0.319 e. The zero-order valence-electron chi connectivity index (χ0n) is 19.3. The number of hydrogen-bond donors (Lipinski definition) is 4. The maximum atomic E-state index is 12.7. The highest BCUT2D eigenvalue weighted by Crippen LogP contribution is 2.77. The molecule has 3 aliphatic rings. The normalized spacial score (nSPS) is 23.0. The summed E-state index contributed by atoms with van der Waals surface area (Å²) in [5.41, 5.74) is 1.66. The van der Waals surface area contributed by atoms with E-state index in [9.17, 15) is 14.7 Å². The monoisotopic (exact) mass is 506 g/mol. The first-order valence-corrected chi connectivity index (χ1v) is 12.0. The summed E-state index contributed by atoms with van der Waals surface area (Å²) >= 11 is 6.24. The van der Waals surface area contributed by atoms with Crippen LogP contribution in [0, 0.1) is 5.92 Å². The second kappa shape index (κ2) is 8.30. The zero-order chi connectivity index (χ0) is 25.0. The van der Waals surface area contributed by atoms with Crippen LogP contribution in [0.25, 0.3) is 0 Å². The van der Waals surface area contributed by atoms with Crippen molar-refractivity contribution in [3.63, 3.8) is 0 Å². The van der Waals surface area contributed by atoms with E-state index in [0.29, 0.717) is 46.6 Å². The Morgan fingerprint density at radius 2 is 2.03 bits per heavy atom. The topological polar surface area (TPSA) is 122 Å². The number of aromatic nitrogens is 1. The number of methoxy groups -OCH3 is 1. The molecule has 3 atom stereocenters. The number of benzene rings is 2. The highest BCUT2D eigenvalue weighted by Gasteiger charge is 2.80. The lowest BCUT2D eigenvalue weighted by Crippen LogP contribution is -2.36. The summed E-state index contributed by atoms with van der Waals surface area (Å²) < 4.78 is 11.3. The van der Waals surface area contributed by atoms with Crippen molar-refractivity contribution < 1.29 is 24.2 Å². The van der Waals surface area contributed by atoms with Crippen molar-refractivity contribution in [3.8, 4) is 23.0 Å². The Balaban J connectivity index is 1.16. The molecule has 4 N–H and O–H groups in total. The van der Waals surface area contributed by atoms with Gasteiger partial charge in [-0.25, -0.2) is 9.78 Å². The van der Waals surface area contributed by atoms with Crippen molar-refractivity contribution in [2.24, 2.45) is 5.92 Å². The SMILES string of the molecule is COc1ccc(NC(=O)NC23CC2C3c2cc(Oc3ccnc4c3CCC(=O)N4)ccc2O)c(Cl)c1. The van der Waals surface area contributed by atoms with Crippen LogP contribution in [0.1, 0.15) is 29.9 Å². The lowest BCUT2D eigenvalue weighted by Gasteiger charge is -2.20. The number of pyridine rings is 1. The number of amides is 3. The number of hydrogen-bond acceptors (Lipinski definition) is 6. The summed E-state index contributed by atoms with van der Waals surface area (Å²) in [5, 5.41) is 19.6. The number of carbonyl (C=O) groups excluding carboxylic acids is 2.